The van der Waals surface area contributed by atoms with Crippen molar-refractivity contribution >= 4 is 29.3 Å². The van der Waals surface area contributed by atoms with Crippen molar-refractivity contribution in [1.29, 1.82) is 0 Å². The second-order valence-corrected chi connectivity index (χ2v) is 5.58. The van der Waals surface area contributed by atoms with Crippen molar-refractivity contribution < 1.29 is 28.4 Å². The van der Waals surface area contributed by atoms with Crippen molar-refractivity contribution in [1.82, 2.24) is 5.16 Å². The molecule has 0 saturated carbocycles. The van der Waals surface area contributed by atoms with E-state index in [2.05, 4.69) is 10.5 Å². The molecule has 2 heterocycles. The Morgan fingerprint density at radius 2 is 2.15 bits per heavy atom. The van der Waals surface area contributed by atoms with Gasteiger partial charge in [0.1, 0.15) is 18.1 Å². The molecule has 1 aromatic carbocycles. The van der Waals surface area contributed by atoms with Crippen LogP contribution >= 0.6 is 0 Å². The van der Waals surface area contributed by atoms with E-state index in [1.54, 1.807) is 31.2 Å². The van der Waals surface area contributed by atoms with Crippen LogP contribution in [0.15, 0.2) is 34.9 Å². The molecule has 0 unspecified atom stereocenters. The summed E-state index contributed by atoms with van der Waals surface area (Å²) in [6, 6.07) is 8.46. The largest absolute Gasteiger partial charge is 0.491 e. The highest BCUT2D eigenvalue weighted by Gasteiger charge is 2.25. The summed E-state index contributed by atoms with van der Waals surface area (Å²) in [6.07, 6.45) is 0.147. The van der Waals surface area contributed by atoms with E-state index in [1.165, 1.54) is 11.0 Å². The summed E-state index contributed by atoms with van der Waals surface area (Å²) in [5.74, 6) is -0.228. The lowest BCUT2D eigenvalue weighted by Gasteiger charge is -2.20. The first-order chi connectivity index (χ1) is 12.5. The number of hydrogen-bond acceptors (Lipinski definition) is 7. The number of ether oxygens (including phenoxy) is 2. The fraction of sp³-hybridized carbons (Fsp3) is 0.294. The zero-order valence-corrected chi connectivity index (χ0v) is 14.1. The molecule has 0 bridgehead atoms. The minimum Gasteiger partial charge on any atom is -0.491 e. The van der Waals surface area contributed by atoms with Gasteiger partial charge in [0.2, 0.25) is 5.91 Å². The van der Waals surface area contributed by atoms with Crippen LogP contribution in [0.5, 0.6) is 5.75 Å². The maximum atomic E-state index is 12.2. The van der Waals surface area contributed by atoms with Crippen LogP contribution in [0.25, 0.3) is 0 Å². The number of nitrogens with zero attached hydrogens (tertiary/aromatic N) is 2. The molecule has 1 aliphatic heterocycles. The Morgan fingerprint density at radius 3 is 2.92 bits per heavy atom. The van der Waals surface area contributed by atoms with Gasteiger partial charge in [0.05, 0.1) is 18.7 Å². The van der Waals surface area contributed by atoms with Crippen molar-refractivity contribution in [2.24, 2.45) is 0 Å². The first kappa shape index (κ1) is 17.5. The number of aromatic nitrogens is 1. The number of esters is 1. The van der Waals surface area contributed by atoms with Gasteiger partial charge < -0.3 is 19.3 Å². The fourth-order valence-corrected chi connectivity index (χ4v) is 2.42. The third-order valence-electron chi connectivity index (χ3n) is 3.58. The number of carbonyl (C=O) groups is 3. The monoisotopic (exact) mass is 359 g/mol. The van der Waals surface area contributed by atoms with E-state index in [-0.39, 0.29) is 31.3 Å². The van der Waals surface area contributed by atoms with E-state index in [9.17, 15) is 14.4 Å². The normalized spacial score (nSPS) is 13.4. The van der Waals surface area contributed by atoms with Gasteiger partial charge in [-0.25, -0.2) is 0 Å². The molecular formula is C17H17N3O6. The van der Waals surface area contributed by atoms with Crippen molar-refractivity contribution in [3.05, 3.63) is 36.1 Å². The Hall–Kier alpha value is -3.36. The molecule has 9 heteroatoms. The van der Waals surface area contributed by atoms with Crippen LogP contribution in [0.2, 0.25) is 0 Å². The summed E-state index contributed by atoms with van der Waals surface area (Å²) in [5.41, 5.74) is 0.495. The number of rotatable bonds is 5. The second kappa shape index (κ2) is 7.68. The molecule has 0 saturated heterocycles. The van der Waals surface area contributed by atoms with Gasteiger partial charge in [0, 0.05) is 6.07 Å². The van der Waals surface area contributed by atoms with E-state index in [0.29, 0.717) is 17.2 Å². The van der Waals surface area contributed by atoms with Crippen LogP contribution in [-0.2, 0) is 19.1 Å². The molecular weight excluding hydrogens is 342 g/mol. The minimum absolute atomic E-state index is 0.147. The number of para-hydroxylation sites is 2. The Kier molecular flexibility index (Phi) is 5.16. The molecule has 2 aromatic rings. The van der Waals surface area contributed by atoms with Gasteiger partial charge in [-0.3, -0.25) is 19.3 Å². The molecule has 0 fully saturated rings. The van der Waals surface area contributed by atoms with Crippen molar-refractivity contribution in [2.45, 2.75) is 13.3 Å². The zero-order valence-electron chi connectivity index (χ0n) is 14.1. The fourth-order valence-electron chi connectivity index (χ4n) is 2.42. The summed E-state index contributed by atoms with van der Waals surface area (Å²) < 4.78 is 15.3. The van der Waals surface area contributed by atoms with Crippen molar-refractivity contribution in [3.63, 3.8) is 0 Å². The number of hydrogen-bond donors (Lipinski definition) is 1. The number of fused-ring (bicyclic) bond motifs is 1. The highest BCUT2D eigenvalue weighted by atomic mass is 16.5. The summed E-state index contributed by atoms with van der Waals surface area (Å²) >= 11 is 0. The topological polar surface area (TPSA) is 111 Å². The van der Waals surface area contributed by atoms with Crippen LogP contribution in [-0.4, -0.2) is 42.7 Å². The van der Waals surface area contributed by atoms with Crippen molar-refractivity contribution in [2.75, 3.05) is 30.0 Å². The Bertz CT molecular complexity index is 831. The molecule has 26 heavy (non-hydrogen) atoms. The molecule has 1 aromatic heterocycles. The lowest BCUT2D eigenvalue weighted by Crippen LogP contribution is -2.37. The predicted octanol–water partition coefficient (Wildman–Crippen LogP) is 1.28. The van der Waals surface area contributed by atoms with Gasteiger partial charge in [-0.15, -0.1) is 0 Å². The lowest BCUT2D eigenvalue weighted by atomic mass is 10.2. The van der Waals surface area contributed by atoms with E-state index in [1.807, 2.05) is 0 Å². The standard InChI is InChI=1S/C17H17N3O6/c1-11-8-14(19-26-11)18-15(21)10-25-17(23)9-20-12-4-2-3-5-13(12)24-7-6-16(20)22/h2-5,8H,6-7,9-10H2,1H3,(H,18,19,21). The second-order valence-electron chi connectivity index (χ2n) is 5.58. The number of amides is 2. The van der Waals surface area contributed by atoms with Crippen LogP contribution in [0.4, 0.5) is 11.5 Å². The number of nitrogens with one attached hydrogen (secondary N) is 1. The summed E-state index contributed by atoms with van der Waals surface area (Å²) in [5, 5.41) is 6.04. The van der Waals surface area contributed by atoms with Gasteiger partial charge in [-0.2, -0.15) is 0 Å². The first-order valence-corrected chi connectivity index (χ1v) is 7.94. The molecule has 0 spiro atoms. The smallest absolute Gasteiger partial charge is 0.326 e. The number of anilines is 2. The Morgan fingerprint density at radius 1 is 1.35 bits per heavy atom. The average Bonchev–Trinajstić information content (AvgIpc) is 2.95. The summed E-state index contributed by atoms with van der Waals surface area (Å²) in [7, 11) is 0. The van der Waals surface area contributed by atoms with Gasteiger partial charge in [-0.05, 0) is 19.1 Å². The van der Waals surface area contributed by atoms with Gasteiger partial charge >= 0.3 is 5.97 Å². The zero-order chi connectivity index (χ0) is 18.5. The molecule has 136 valence electrons. The average molecular weight is 359 g/mol. The van der Waals surface area contributed by atoms with E-state index >= 15 is 0 Å². The summed E-state index contributed by atoms with van der Waals surface area (Å²) in [6.45, 7) is 1.11. The van der Waals surface area contributed by atoms with E-state index in [0.717, 1.165) is 0 Å². The molecule has 9 nitrogen and oxygen atoms in total. The third kappa shape index (κ3) is 4.18. The predicted molar refractivity (Wildman–Crippen MR) is 89.7 cm³/mol. The molecule has 1 aliphatic rings. The number of benzene rings is 1. The molecule has 0 atom stereocenters. The van der Waals surface area contributed by atoms with Crippen molar-refractivity contribution in [3.8, 4) is 5.75 Å². The van der Waals surface area contributed by atoms with Crippen LogP contribution in [0, 0.1) is 6.92 Å². The highest BCUT2D eigenvalue weighted by molar-refractivity contribution is 6.00. The Balaban J connectivity index is 1.57. The molecule has 2 amide bonds. The maximum Gasteiger partial charge on any atom is 0.326 e. The first-order valence-electron chi connectivity index (χ1n) is 7.94. The molecule has 0 radical (unpaired) electrons. The number of carbonyl (C=O) groups excluding carboxylic acids is 3. The van der Waals surface area contributed by atoms with Gasteiger partial charge in [0.15, 0.2) is 12.4 Å². The van der Waals surface area contributed by atoms with Gasteiger partial charge in [0.25, 0.3) is 5.91 Å². The third-order valence-corrected chi connectivity index (χ3v) is 3.58. The maximum absolute atomic E-state index is 12.2. The van der Waals surface area contributed by atoms with E-state index < -0.39 is 18.5 Å². The minimum atomic E-state index is -0.707. The SMILES string of the molecule is Cc1cc(NC(=O)COC(=O)CN2C(=O)CCOc3ccccc32)no1. The van der Waals surface area contributed by atoms with Crippen LogP contribution in [0.1, 0.15) is 12.2 Å². The van der Waals surface area contributed by atoms with Crippen LogP contribution < -0.4 is 15.0 Å². The lowest BCUT2D eigenvalue weighted by molar-refractivity contribution is -0.146. The highest BCUT2D eigenvalue weighted by Crippen LogP contribution is 2.30. The molecule has 0 aliphatic carbocycles. The van der Waals surface area contributed by atoms with Crippen LogP contribution in [0.3, 0.4) is 0 Å². The van der Waals surface area contributed by atoms with Gasteiger partial charge in [-0.1, -0.05) is 17.3 Å². The van der Waals surface area contributed by atoms with E-state index in [4.69, 9.17) is 14.0 Å². The molecule has 3 rings (SSSR count). The summed E-state index contributed by atoms with van der Waals surface area (Å²) in [4.78, 5) is 37.4. The number of aryl methyl sites for hydroxylation is 1. The quantitative estimate of drug-likeness (QED) is 0.801. The molecule has 1 N–H and O–H groups in total. The Labute approximate surface area is 148 Å².